The zero-order valence-electron chi connectivity index (χ0n) is 12.5. The van der Waals surface area contributed by atoms with Crippen LogP contribution in [0.4, 0.5) is 4.79 Å². The van der Waals surface area contributed by atoms with Crippen molar-refractivity contribution >= 4 is 11.7 Å². The lowest BCUT2D eigenvalue weighted by Gasteiger charge is -2.44. The number of morpholine rings is 1. The molecule has 1 fully saturated rings. The number of nitrogens with zero attached hydrogens (tertiary/aromatic N) is 2. The number of aromatic nitrogens is 1. The molecule has 0 aromatic carbocycles. The number of carbonyl (C=O) groups is 1. The first-order valence-corrected chi connectivity index (χ1v) is 7.13. The highest BCUT2D eigenvalue weighted by Crippen LogP contribution is 2.33. The second-order valence-electron chi connectivity index (χ2n) is 6.46. The fourth-order valence-electron chi connectivity index (χ4n) is 2.77. The molecule has 0 radical (unpaired) electrons. The predicted octanol–water partition coefficient (Wildman–Crippen LogP) is 2.47. The smallest absolute Gasteiger partial charge is 0.411 e. The molecule has 6 nitrogen and oxygen atoms in total. The van der Waals surface area contributed by atoms with Crippen molar-refractivity contribution in [1.82, 2.24) is 10.1 Å². The Bertz CT molecular complexity index is 545. The van der Waals surface area contributed by atoms with Gasteiger partial charge in [-0.15, -0.1) is 0 Å². The van der Waals surface area contributed by atoms with Crippen LogP contribution in [0.3, 0.4) is 0 Å². The van der Waals surface area contributed by atoms with E-state index < -0.39 is 5.60 Å². The van der Waals surface area contributed by atoms with Crippen LogP contribution in [0, 0.1) is 0 Å². The Morgan fingerprint density at radius 1 is 1.43 bits per heavy atom. The monoisotopic (exact) mass is 292 g/mol. The molecule has 0 aliphatic carbocycles. The zero-order chi connectivity index (χ0) is 15.0. The summed E-state index contributed by atoms with van der Waals surface area (Å²) in [6, 6.07) is -0.106. The Balaban J connectivity index is 1.83. The average molecular weight is 292 g/mol. The summed E-state index contributed by atoms with van der Waals surface area (Å²) in [5.41, 5.74) is 1.62. The molecule has 3 heterocycles. The van der Waals surface area contributed by atoms with Crippen LogP contribution in [0.25, 0.3) is 5.57 Å². The molecule has 0 spiro atoms. The van der Waals surface area contributed by atoms with Gasteiger partial charge in [-0.05, 0) is 32.8 Å². The molecule has 3 rings (SSSR count). The van der Waals surface area contributed by atoms with Crippen molar-refractivity contribution in [2.45, 2.75) is 44.9 Å². The van der Waals surface area contributed by atoms with Crippen molar-refractivity contribution in [1.29, 1.82) is 0 Å². The van der Waals surface area contributed by atoms with E-state index in [1.54, 1.807) is 17.4 Å². The van der Waals surface area contributed by atoms with E-state index in [0.717, 1.165) is 17.6 Å². The first-order chi connectivity index (χ1) is 9.94. The lowest BCUT2D eigenvalue weighted by Crippen LogP contribution is -2.57. The highest BCUT2D eigenvalue weighted by atomic mass is 16.6. The van der Waals surface area contributed by atoms with Crippen LogP contribution in [-0.2, 0) is 9.47 Å². The van der Waals surface area contributed by atoms with Crippen molar-refractivity contribution in [3.63, 3.8) is 0 Å². The normalized spacial score (nSPS) is 25.5. The largest absolute Gasteiger partial charge is 0.444 e. The van der Waals surface area contributed by atoms with Crippen molar-refractivity contribution in [2.75, 3.05) is 13.2 Å². The number of ether oxygens (including phenoxy) is 2. The molecular formula is C15H20N2O4. The van der Waals surface area contributed by atoms with Gasteiger partial charge in [-0.1, -0.05) is 11.2 Å². The maximum atomic E-state index is 12.4. The van der Waals surface area contributed by atoms with Crippen molar-refractivity contribution in [3.05, 3.63) is 24.1 Å². The molecule has 1 saturated heterocycles. The van der Waals surface area contributed by atoms with Gasteiger partial charge in [-0.25, -0.2) is 4.79 Å². The Kier molecular flexibility index (Phi) is 3.49. The number of hydrogen-bond donors (Lipinski definition) is 0. The molecule has 1 aromatic rings. The van der Waals surface area contributed by atoms with Gasteiger partial charge in [0, 0.05) is 5.56 Å². The van der Waals surface area contributed by atoms with Crippen LogP contribution in [0.15, 0.2) is 23.1 Å². The summed E-state index contributed by atoms with van der Waals surface area (Å²) in [5.74, 6) is 0. The Morgan fingerprint density at radius 3 is 2.86 bits per heavy atom. The second-order valence-corrected chi connectivity index (χ2v) is 6.46. The van der Waals surface area contributed by atoms with Gasteiger partial charge in [0.15, 0.2) is 0 Å². The molecule has 2 unspecified atom stereocenters. The fraction of sp³-hybridized carbons (Fsp3) is 0.600. The minimum absolute atomic E-state index is 0.00602. The summed E-state index contributed by atoms with van der Waals surface area (Å²) in [6.45, 7) is 6.64. The topological polar surface area (TPSA) is 64.8 Å². The van der Waals surface area contributed by atoms with Gasteiger partial charge in [-0.2, -0.15) is 0 Å². The quantitative estimate of drug-likeness (QED) is 0.795. The highest BCUT2D eigenvalue weighted by molar-refractivity contribution is 5.74. The first kappa shape index (κ1) is 14.1. The molecular weight excluding hydrogens is 272 g/mol. The molecule has 0 N–H and O–H groups in total. The van der Waals surface area contributed by atoms with Crippen LogP contribution < -0.4 is 0 Å². The van der Waals surface area contributed by atoms with E-state index in [4.69, 9.17) is 14.0 Å². The maximum absolute atomic E-state index is 12.4. The van der Waals surface area contributed by atoms with E-state index in [0.29, 0.717) is 13.2 Å². The number of hydrogen-bond acceptors (Lipinski definition) is 5. The van der Waals surface area contributed by atoms with Gasteiger partial charge in [0.05, 0.1) is 31.5 Å². The van der Waals surface area contributed by atoms with Crippen LogP contribution >= 0.6 is 0 Å². The molecule has 6 heteroatoms. The van der Waals surface area contributed by atoms with Gasteiger partial charge in [0.2, 0.25) is 0 Å². The summed E-state index contributed by atoms with van der Waals surface area (Å²) in [6.07, 6.45) is 5.82. The zero-order valence-corrected chi connectivity index (χ0v) is 12.5. The summed E-state index contributed by atoms with van der Waals surface area (Å²) < 4.78 is 16.0. The maximum Gasteiger partial charge on any atom is 0.411 e. The summed E-state index contributed by atoms with van der Waals surface area (Å²) in [4.78, 5) is 14.2. The Labute approximate surface area is 123 Å². The lowest BCUT2D eigenvalue weighted by molar-refractivity contribution is -0.0510. The average Bonchev–Trinajstić information content (AvgIpc) is 2.88. The van der Waals surface area contributed by atoms with Gasteiger partial charge in [-0.3, -0.25) is 4.90 Å². The fourth-order valence-corrected chi connectivity index (χ4v) is 2.77. The molecule has 2 bridgehead atoms. The molecule has 21 heavy (non-hydrogen) atoms. The Morgan fingerprint density at radius 2 is 2.24 bits per heavy atom. The van der Waals surface area contributed by atoms with E-state index in [9.17, 15) is 4.79 Å². The lowest BCUT2D eigenvalue weighted by atomic mass is 9.91. The third-order valence-corrected chi connectivity index (χ3v) is 3.61. The summed E-state index contributed by atoms with van der Waals surface area (Å²) >= 11 is 0. The van der Waals surface area contributed by atoms with Gasteiger partial charge < -0.3 is 14.0 Å². The van der Waals surface area contributed by atoms with Gasteiger partial charge >= 0.3 is 6.09 Å². The van der Waals surface area contributed by atoms with Crippen LogP contribution in [0.1, 0.15) is 32.8 Å². The number of fused-ring (bicyclic) bond motifs is 2. The van der Waals surface area contributed by atoms with Crippen LogP contribution in [0.5, 0.6) is 0 Å². The van der Waals surface area contributed by atoms with E-state index in [2.05, 4.69) is 5.16 Å². The first-order valence-electron chi connectivity index (χ1n) is 7.13. The second kappa shape index (κ2) is 5.18. The SMILES string of the molecule is CC(C)(C)OC(=O)N1C2C=C(c3cnoc3)CC1COC2. The van der Waals surface area contributed by atoms with Gasteiger partial charge in [0.25, 0.3) is 0 Å². The summed E-state index contributed by atoms with van der Waals surface area (Å²) in [5, 5.41) is 3.74. The van der Waals surface area contributed by atoms with E-state index >= 15 is 0 Å². The van der Waals surface area contributed by atoms with Crippen LogP contribution in [0.2, 0.25) is 0 Å². The standard InChI is InChI=1S/C15H20N2O4/c1-15(2,3)21-14(18)17-12-4-10(11-6-16-20-7-11)5-13(17)9-19-8-12/h4,6-7,12-13H,5,8-9H2,1-3H3. The minimum atomic E-state index is -0.495. The predicted molar refractivity (Wildman–Crippen MR) is 75.6 cm³/mol. The Hall–Kier alpha value is -1.82. The van der Waals surface area contributed by atoms with E-state index in [1.807, 2.05) is 26.8 Å². The molecule has 2 aliphatic rings. The number of rotatable bonds is 1. The van der Waals surface area contributed by atoms with E-state index in [1.165, 1.54) is 0 Å². The molecule has 0 saturated carbocycles. The molecule has 2 atom stereocenters. The van der Waals surface area contributed by atoms with Gasteiger partial charge in [0.1, 0.15) is 11.9 Å². The highest BCUT2D eigenvalue weighted by Gasteiger charge is 2.40. The number of amides is 1. The van der Waals surface area contributed by atoms with E-state index in [-0.39, 0.29) is 18.2 Å². The van der Waals surface area contributed by atoms with Crippen LogP contribution in [-0.4, -0.2) is 47.0 Å². The third kappa shape index (κ3) is 2.95. The molecule has 2 aliphatic heterocycles. The van der Waals surface area contributed by atoms with Crippen molar-refractivity contribution in [3.8, 4) is 0 Å². The summed E-state index contributed by atoms with van der Waals surface area (Å²) in [7, 11) is 0. The molecule has 1 aromatic heterocycles. The molecule has 1 amide bonds. The van der Waals surface area contributed by atoms with Crippen molar-refractivity contribution in [2.24, 2.45) is 0 Å². The number of carbonyl (C=O) groups excluding carboxylic acids is 1. The molecule has 114 valence electrons. The minimum Gasteiger partial charge on any atom is -0.444 e. The van der Waals surface area contributed by atoms with Crippen molar-refractivity contribution < 1.29 is 18.8 Å². The third-order valence-electron chi connectivity index (χ3n) is 3.61.